The van der Waals surface area contributed by atoms with Gasteiger partial charge in [-0.2, -0.15) is 0 Å². The Bertz CT molecular complexity index is 1540. The first-order valence-electron chi connectivity index (χ1n) is 12.8. The van der Waals surface area contributed by atoms with E-state index in [-0.39, 0.29) is 28.7 Å². The zero-order valence-corrected chi connectivity index (χ0v) is 21.4. The van der Waals surface area contributed by atoms with Crippen LogP contribution in [-0.2, 0) is 25.7 Å². The number of aromatic hydroxyl groups is 5. The molecule has 0 amide bonds. The van der Waals surface area contributed by atoms with Crippen molar-refractivity contribution in [3.8, 4) is 28.7 Å². The molecule has 5 rings (SSSR count). The molecule has 5 aromatic carbocycles. The molecule has 0 aliphatic heterocycles. The summed E-state index contributed by atoms with van der Waals surface area (Å²) >= 11 is 0. The average Bonchev–Trinajstić information content (AvgIpc) is 2.92. The molecule has 0 aromatic heterocycles. The topological polar surface area (TPSA) is 101 Å². The first-order valence-corrected chi connectivity index (χ1v) is 12.8. The number of phenols is 5. The van der Waals surface area contributed by atoms with E-state index in [0.717, 1.165) is 22.3 Å². The summed E-state index contributed by atoms with van der Waals surface area (Å²) in [6, 6.07) is 30.5. The van der Waals surface area contributed by atoms with Crippen molar-refractivity contribution in [2.24, 2.45) is 0 Å². The maximum Gasteiger partial charge on any atom is 0.122 e. The van der Waals surface area contributed by atoms with Crippen LogP contribution in [0.25, 0.3) is 0 Å². The van der Waals surface area contributed by atoms with E-state index in [0.29, 0.717) is 47.9 Å². The molecule has 0 heterocycles. The van der Waals surface area contributed by atoms with E-state index in [1.807, 2.05) is 60.7 Å². The molecule has 0 fully saturated rings. The van der Waals surface area contributed by atoms with E-state index in [1.165, 1.54) is 0 Å². The van der Waals surface area contributed by atoms with Crippen molar-refractivity contribution < 1.29 is 25.5 Å². The Labute approximate surface area is 227 Å². The highest BCUT2D eigenvalue weighted by Crippen LogP contribution is 2.34. The molecule has 0 atom stereocenters. The van der Waals surface area contributed by atoms with Gasteiger partial charge in [0.05, 0.1) is 0 Å². The SMILES string of the molecule is Oc1ccc(Cc2ccc(O)c(Cc3cc(Cc4ccccc4O)c(O)c(Cc4ccccc4O)c3)c2)cc1. The van der Waals surface area contributed by atoms with Gasteiger partial charge in [-0.3, -0.25) is 0 Å². The smallest absolute Gasteiger partial charge is 0.122 e. The standard InChI is InChI=1S/C34H30O5/c35-30-12-9-22(10-13-30)15-23-11-14-33(38)27(16-23)17-24-18-28(20-25-5-1-3-7-31(25)36)34(39)29(19-24)21-26-6-2-4-8-32(26)37/h1-14,16,18-19,35-39H,15,17,20-21H2. The molecule has 0 saturated heterocycles. The van der Waals surface area contributed by atoms with Gasteiger partial charge in [0.25, 0.3) is 0 Å². The van der Waals surface area contributed by atoms with Gasteiger partial charge in [0.2, 0.25) is 0 Å². The molecule has 196 valence electrons. The highest BCUT2D eigenvalue weighted by Gasteiger charge is 2.16. The summed E-state index contributed by atoms with van der Waals surface area (Å²) < 4.78 is 0. The van der Waals surface area contributed by atoms with Crippen LogP contribution in [0, 0.1) is 0 Å². The summed E-state index contributed by atoms with van der Waals surface area (Å²) in [6.45, 7) is 0. The predicted molar refractivity (Wildman–Crippen MR) is 152 cm³/mol. The Kier molecular flexibility index (Phi) is 7.41. The fraction of sp³-hybridized carbons (Fsp3) is 0.118. The van der Waals surface area contributed by atoms with Crippen LogP contribution in [0.2, 0.25) is 0 Å². The fourth-order valence-electron chi connectivity index (χ4n) is 4.89. The number of hydrogen-bond acceptors (Lipinski definition) is 5. The van der Waals surface area contributed by atoms with Gasteiger partial charge in [-0.25, -0.2) is 0 Å². The van der Waals surface area contributed by atoms with Gasteiger partial charge in [-0.1, -0.05) is 72.8 Å². The second-order valence-corrected chi connectivity index (χ2v) is 9.86. The molecule has 5 nitrogen and oxygen atoms in total. The lowest BCUT2D eigenvalue weighted by Gasteiger charge is -2.16. The summed E-state index contributed by atoms with van der Waals surface area (Å²) in [7, 11) is 0. The molecule has 0 aliphatic carbocycles. The maximum absolute atomic E-state index is 11.2. The Morgan fingerprint density at radius 2 is 0.846 bits per heavy atom. The van der Waals surface area contributed by atoms with Crippen molar-refractivity contribution >= 4 is 0 Å². The van der Waals surface area contributed by atoms with Crippen molar-refractivity contribution in [1.29, 1.82) is 0 Å². The van der Waals surface area contributed by atoms with E-state index in [2.05, 4.69) is 0 Å². The Balaban J connectivity index is 1.50. The molecule has 5 N–H and O–H groups in total. The number of para-hydroxylation sites is 2. The largest absolute Gasteiger partial charge is 0.508 e. The molecule has 0 aliphatic rings. The third kappa shape index (κ3) is 6.16. The second kappa shape index (κ2) is 11.2. The molecular formula is C34H30O5. The van der Waals surface area contributed by atoms with Crippen LogP contribution in [0.4, 0.5) is 0 Å². The van der Waals surface area contributed by atoms with Crippen molar-refractivity contribution in [3.63, 3.8) is 0 Å². The normalized spacial score (nSPS) is 11.0. The quantitative estimate of drug-likeness (QED) is 0.160. The number of benzene rings is 5. The van der Waals surface area contributed by atoms with Crippen molar-refractivity contribution in [3.05, 3.63) is 148 Å². The van der Waals surface area contributed by atoms with Crippen molar-refractivity contribution in [2.75, 3.05) is 0 Å². The summed E-state index contributed by atoms with van der Waals surface area (Å²) in [6.07, 6.45) is 1.73. The van der Waals surface area contributed by atoms with E-state index < -0.39 is 0 Å². The molecule has 0 radical (unpaired) electrons. The van der Waals surface area contributed by atoms with Crippen LogP contribution in [0.3, 0.4) is 0 Å². The molecule has 0 saturated carbocycles. The van der Waals surface area contributed by atoms with Crippen molar-refractivity contribution in [2.45, 2.75) is 25.7 Å². The molecule has 0 bridgehead atoms. The number of hydrogen-bond donors (Lipinski definition) is 5. The zero-order valence-electron chi connectivity index (χ0n) is 21.4. The first-order chi connectivity index (χ1) is 18.9. The fourth-order valence-corrected chi connectivity index (χ4v) is 4.89. The van der Waals surface area contributed by atoms with Crippen LogP contribution in [0.15, 0.2) is 103 Å². The van der Waals surface area contributed by atoms with Crippen LogP contribution >= 0.6 is 0 Å². The average molecular weight is 519 g/mol. The van der Waals surface area contributed by atoms with E-state index >= 15 is 0 Å². The monoisotopic (exact) mass is 518 g/mol. The zero-order chi connectivity index (χ0) is 27.4. The lowest BCUT2D eigenvalue weighted by Crippen LogP contribution is -2.00. The van der Waals surface area contributed by atoms with Crippen LogP contribution < -0.4 is 0 Å². The Morgan fingerprint density at radius 1 is 0.359 bits per heavy atom. The van der Waals surface area contributed by atoms with E-state index in [4.69, 9.17) is 0 Å². The first kappa shape index (κ1) is 25.7. The third-order valence-electron chi connectivity index (χ3n) is 6.96. The molecule has 0 unspecified atom stereocenters. The molecule has 5 aromatic rings. The van der Waals surface area contributed by atoms with Gasteiger partial charge in [-0.05, 0) is 81.3 Å². The number of rotatable bonds is 8. The van der Waals surface area contributed by atoms with Gasteiger partial charge < -0.3 is 25.5 Å². The van der Waals surface area contributed by atoms with Crippen LogP contribution in [-0.4, -0.2) is 25.5 Å². The summed E-state index contributed by atoms with van der Waals surface area (Å²) in [4.78, 5) is 0. The lowest BCUT2D eigenvalue weighted by atomic mass is 9.91. The second-order valence-electron chi connectivity index (χ2n) is 9.86. The van der Waals surface area contributed by atoms with Gasteiger partial charge in [-0.15, -0.1) is 0 Å². The van der Waals surface area contributed by atoms with E-state index in [1.54, 1.807) is 42.5 Å². The van der Waals surface area contributed by atoms with Gasteiger partial charge in [0.15, 0.2) is 0 Å². The molecule has 5 heteroatoms. The Hall–Kier alpha value is -4.90. The molecular weight excluding hydrogens is 488 g/mol. The minimum Gasteiger partial charge on any atom is -0.508 e. The summed E-state index contributed by atoms with van der Waals surface area (Å²) in [5.41, 5.74) is 6.40. The van der Waals surface area contributed by atoms with Crippen LogP contribution in [0.1, 0.15) is 44.5 Å². The number of phenolic OH excluding ortho intramolecular Hbond substituents is 5. The maximum atomic E-state index is 11.2. The minimum absolute atomic E-state index is 0.121. The molecule has 0 spiro atoms. The van der Waals surface area contributed by atoms with Gasteiger partial charge >= 0.3 is 0 Å². The lowest BCUT2D eigenvalue weighted by molar-refractivity contribution is 0.456. The van der Waals surface area contributed by atoms with Crippen LogP contribution in [0.5, 0.6) is 28.7 Å². The summed E-state index contributed by atoms with van der Waals surface area (Å²) in [5.74, 6) is 0.836. The van der Waals surface area contributed by atoms with E-state index in [9.17, 15) is 25.5 Å². The predicted octanol–water partition coefficient (Wildman–Crippen LogP) is 6.58. The summed E-state index contributed by atoms with van der Waals surface area (Å²) in [5, 5.41) is 52.2. The minimum atomic E-state index is 0.121. The van der Waals surface area contributed by atoms with Crippen molar-refractivity contribution in [1.82, 2.24) is 0 Å². The van der Waals surface area contributed by atoms with Gasteiger partial charge in [0, 0.05) is 19.3 Å². The highest BCUT2D eigenvalue weighted by atomic mass is 16.3. The Morgan fingerprint density at radius 3 is 1.41 bits per heavy atom. The van der Waals surface area contributed by atoms with Gasteiger partial charge in [0.1, 0.15) is 28.7 Å². The third-order valence-corrected chi connectivity index (χ3v) is 6.96. The molecule has 39 heavy (non-hydrogen) atoms. The highest BCUT2D eigenvalue weighted by molar-refractivity contribution is 5.52.